The van der Waals surface area contributed by atoms with E-state index in [2.05, 4.69) is 0 Å². The summed E-state index contributed by atoms with van der Waals surface area (Å²) in [5.41, 5.74) is 0.657. The number of esters is 1. The molecule has 1 rings (SSSR count). The number of hydrogen-bond acceptors (Lipinski definition) is 4. The van der Waals surface area contributed by atoms with Crippen molar-refractivity contribution in [1.29, 1.82) is 0 Å². The SMILES string of the molecule is CC(C)OC(=O)COc1ccccc1[C@H](C)O. The van der Waals surface area contributed by atoms with E-state index in [4.69, 9.17) is 9.47 Å². The van der Waals surface area contributed by atoms with Crippen molar-refractivity contribution in [2.24, 2.45) is 0 Å². The Balaban J connectivity index is 2.60. The molecule has 0 amide bonds. The van der Waals surface area contributed by atoms with Crippen LogP contribution in [-0.4, -0.2) is 23.8 Å². The van der Waals surface area contributed by atoms with Crippen LogP contribution in [0.3, 0.4) is 0 Å². The normalized spacial score (nSPS) is 12.3. The lowest BCUT2D eigenvalue weighted by Gasteiger charge is -2.13. The number of carbonyl (C=O) groups excluding carboxylic acids is 1. The van der Waals surface area contributed by atoms with Crippen molar-refractivity contribution >= 4 is 5.97 Å². The van der Waals surface area contributed by atoms with Crippen LogP contribution in [-0.2, 0) is 9.53 Å². The average Bonchev–Trinajstić information content (AvgIpc) is 2.25. The second kappa shape index (κ2) is 6.25. The first-order valence-corrected chi connectivity index (χ1v) is 5.60. The smallest absolute Gasteiger partial charge is 0.344 e. The molecular weight excluding hydrogens is 220 g/mol. The lowest BCUT2D eigenvalue weighted by molar-refractivity contribution is -0.149. The fourth-order valence-electron chi connectivity index (χ4n) is 1.39. The molecule has 0 heterocycles. The van der Waals surface area contributed by atoms with Gasteiger partial charge in [0.1, 0.15) is 5.75 Å². The Kier molecular flexibility index (Phi) is 4.97. The van der Waals surface area contributed by atoms with Crippen molar-refractivity contribution in [3.63, 3.8) is 0 Å². The fraction of sp³-hybridized carbons (Fsp3) is 0.462. The molecule has 0 saturated heterocycles. The van der Waals surface area contributed by atoms with Gasteiger partial charge in [-0.05, 0) is 26.8 Å². The van der Waals surface area contributed by atoms with Crippen molar-refractivity contribution in [3.8, 4) is 5.75 Å². The van der Waals surface area contributed by atoms with Crippen LogP contribution < -0.4 is 4.74 Å². The molecule has 0 aromatic heterocycles. The lowest BCUT2D eigenvalue weighted by atomic mass is 10.1. The van der Waals surface area contributed by atoms with E-state index in [1.54, 1.807) is 45.0 Å². The van der Waals surface area contributed by atoms with E-state index in [0.29, 0.717) is 11.3 Å². The average molecular weight is 238 g/mol. The molecule has 4 heteroatoms. The quantitative estimate of drug-likeness (QED) is 0.798. The van der Waals surface area contributed by atoms with Crippen LogP contribution in [0.15, 0.2) is 24.3 Å². The van der Waals surface area contributed by atoms with Crippen molar-refractivity contribution in [2.45, 2.75) is 33.0 Å². The molecule has 0 bridgehead atoms. The number of aliphatic hydroxyl groups is 1. The Morgan fingerprint density at radius 1 is 1.29 bits per heavy atom. The van der Waals surface area contributed by atoms with Crippen LogP contribution >= 0.6 is 0 Å². The maximum absolute atomic E-state index is 11.3. The third-order valence-electron chi connectivity index (χ3n) is 2.08. The summed E-state index contributed by atoms with van der Waals surface area (Å²) in [5, 5.41) is 9.52. The third kappa shape index (κ3) is 4.44. The van der Waals surface area contributed by atoms with Crippen LogP contribution in [0.25, 0.3) is 0 Å². The summed E-state index contributed by atoms with van der Waals surface area (Å²) in [6, 6.07) is 7.06. The van der Waals surface area contributed by atoms with E-state index in [1.165, 1.54) is 0 Å². The molecule has 1 aromatic carbocycles. The highest BCUT2D eigenvalue weighted by Crippen LogP contribution is 2.24. The molecule has 0 unspecified atom stereocenters. The van der Waals surface area contributed by atoms with Crippen LogP contribution in [0.4, 0.5) is 0 Å². The van der Waals surface area contributed by atoms with Crippen molar-refractivity contribution in [3.05, 3.63) is 29.8 Å². The minimum atomic E-state index is -0.632. The summed E-state index contributed by atoms with van der Waals surface area (Å²) in [5.74, 6) is 0.0867. The highest BCUT2D eigenvalue weighted by molar-refractivity contribution is 5.71. The molecule has 0 radical (unpaired) electrons. The van der Waals surface area contributed by atoms with Gasteiger partial charge in [0.25, 0.3) is 0 Å². The second-order valence-corrected chi connectivity index (χ2v) is 4.04. The monoisotopic (exact) mass is 238 g/mol. The zero-order chi connectivity index (χ0) is 12.8. The molecule has 0 saturated carbocycles. The zero-order valence-electron chi connectivity index (χ0n) is 10.3. The minimum Gasteiger partial charge on any atom is -0.482 e. The fourth-order valence-corrected chi connectivity index (χ4v) is 1.39. The van der Waals surface area contributed by atoms with Gasteiger partial charge in [0.05, 0.1) is 12.2 Å². The Bertz CT molecular complexity index is 371. The van der Waals surface area contributed by atoms with Gasteiger partial charge in [-0.1, -0.05) is 18.2 Å². The van der Waals surface area contributed by atoms with E-state index in [9.17, 15) is 9.90 Å². The molecule has 0 spiro atoms. The Morgan fingerprint density at radius 3 is 2.53 bits per heavy atom. The largest absolute Gasteiger partial charge is 0.482 e. The molecule has 0 aliphatic heterocycles. The number of rotatable bonds is 5. The van der Waals surface area contributed by atoms with Crippen molar-refractivity contribution in [1.82, 2.24) is 0 Å². The summed E-state index contributed by atoms with van der Waals surface area (Å²) >= 11 is 0. The van der Waals surface area contributed by atoms with Crippen LogP contribution in [0.2, 0.25) is 0 Å². The van der Waals surface area contributed by atoms with Gasteiger partial charge in [0, 0.05) is 5.56 Å². The van der Waals surface area contributed by atoms with Crippen LogP contribution in [0.1, 0.15) is 32.4 Å². The predicted molar refractivity (Wildman–Crippen MR) is 63.8 cm³/mol. The number of benzene rings is 1. The standard InChI is InChI=1S/C13H18O4/c1-9(2)17-13(15)8-16-12-7-5-4-6-11(12)10(3)14/h4-7,9-10,14H,8H2,1-3H3/t10-/m0/s1. The van der Waals surface area contributed by atoms with Gasteiger partial charge in [-0.15, -0.1) is 0 Å². The molecule has 94 valence electrons. The van der Waals surface area contributed by atoms with Crippen molar-refractivity contribution in [2.75, 3.05) is 6.61 Å². The van der Waals surface area contributed by atoms with Gasteiger partial charge in [-0.3, -0.25) is 0 Å². The van der Waals surface area contributed by atoms with Gasteiger partial charge < -0.3 is 14.6 Å². The third-order valence-corrected chi connectivity index (χ3v) is 2.08. The first-order chi connectivity index (χ1) is 8.00. The van der Waals surface area contributed by atoms with E-state index >= 15 is 0 Å². The summed E-state index contributed by atoms with van der Waals surface area (Å²) in [6.45, 7) is 5.06. The molecule has 17 heavy (non-hydrogen) atoms. The van der Waals surface area contributed by atoms with Gasteiger partial charge in [-0.25, -0.2) is 4.79 Å². The Hall–Kier alpha value is -1.55. The maximum atomic E-state index is 11.3. The molecule has 0 fully saturated rings. The molecule has 0 aliphatic rings. The number of ether oxygens (including phenoxy) is 2. The highest BCUT2D eigenvalue weighted by atomic mass is 16.6. The van der Waals surface area contributed by atoms with Crippen LogP contribution in [0, 0.1) is 0 Å². The number of aliphatic hydroxyl groups excluding tert-OH is 1. The summed E-state index contributed by atoms with van der Waals surface area (Å²) < 4.78 is 10.3. The van der Waals surface area contributed by atoms with Gasteiger partial charge in [-0.2, -0.15) is 0 Å². The zero-order valence-corrected chi connectivity index (χ0v) is 10.3. The number of hydrogen-bond donors (Lipinski definition) is 1. The molecular formula is C13H18O4. The molecule has 1 atom stereocenters. The van der Waals surface area contributed by atoms with E-state index in [1.807, 2.05) is 0 Å². The number of para-hydroxylation sites is 1. The number of carbonyl (C=O) groups is 1. The predicted octanol–water partition coefficient (Wildman–Crippen LogP) is 2.07. The second-order valence-electron chi connectivity index (χ2n) is 4.04. The van der Waals surface area contributed by atoms with E-state index in [0.717, 1.165) is 0 Å². The minimum absolute atomic E-state index is 0.151. The van der Waals surface area contributed by atoms with E-state index < -0.39 is 12.1 Å². The maximum Gasteiger partial charge on any atom is 0.344 e. The summed E-state index contributed by atoms with van der Waals surface area (Å²) in [6.07, 6.45) is -0.787. The topological polar surface area (TPSA) is 55.8 Å². The highest BCUT2D eigenvalue weighted by Gasteiger charge is 2.11. The molecule has 4 nitrogen and oxygen atoms in total. The van der Waals surface area contributed by atoms with Gasteiger partial charge in [0.2, 0.25) is 0 Å². The lowest BCUT2D eigenvalue weighted by Crippen LogP contribution is -2.19. The molecule has 1 aromatic rings. The summed E-state index contributed by atoms with van der Waals surface area (Å²) in [7, 11) is 0. The Morgan fingerprint density at radius 2 is 1.94 bits per heavy atom. The van der Waals surface area contributed by atoms with Crippen molar-refractivity contribution < 1.29 is 19.4 Å². The first-order valence-electron chi connectivity index (χ1n) is 5.60. The van der Waals surface area contributed by atoms with Gasteiger partial charge >= 0.3 is 5.97 Å². The van der Waals surface area contributed by atoms with Crippen LogP contribution in [0.5, 0.6) is 5.75 Å². The molecule has 1 N–H and O–H groups in total. The Labute approximate surface area is 101 Å². The summed E-state index contributed by atoms with van der Waals surface area (Å²) in [4.78, 5) is 11.3. The van der Waals surface area contributed by atoms with E-state index in [-0.39, 0.29) is 12.7 Å². The van der Waals surface area contributed by atoms with Gasteiger partial charge in [0.15, 0.2) is 6.61 Å². The first kappa shape index (κ1) is 13.5. The molecule has 0 aliphatic carbocycles.